The van der Waals surface area contributed by atoms with E-state index in [1.165, 1.54) is 12.5 Å². The van der Waals surface area contributed by atoms with Gasteiger partial charge in [-0.25, -0.2) is 0 Å². The number of benzene rings is 2. The molecule has 0 aromatic heterocycles. The molecule has 0 fully saturated rings. The van der Waals surface area contributed by atoms with Gasteiger partial charge < -0.3 is 15.0 Å². The molecular weight excluding hydrogens is 352 g/mol. The van der Waals surface area contributed by atoms with Crippen LogP contribution in [0.5, 0.6) is 5.75 Å². The number of hydrogen-bond donors (Lipinski definition) is 1. The van der Waals surface area contributed by atoms with E-state index in [1.807, 2.05) is 48.5 Å². The van der Waals surface area contributed by atoms with E-state index in [2.05, 4.69) is 26.1 Å². The number of para-hydroxylation sites is 1. The number of hydrogen-bond acceptors (Lipinski definition) is 3. The van der Waals surface area contributed by atoms with Crippen LogP contribution in [0.3, 0.4) is 0 Å². The Hall–Kier alpha value is -2.82. The van der Waals surface area contributed by atoms with Gasteiger partial charge in [-0.2, -0.15) is 0 Å². The summed E-state index contributed by atoms with van der Waals surface area (Å²) in [6.45, 7) is 9.20. The first-order valence-electron chi connectivity index (χ1n) is 9.48. The molecule has 0 aliphatic heterocycles. The summed E-state index contributed by atoms with van der Waals surface area (Å²) in [5.41, 5.74) is 2.79. The van der Waals surface area contributed by atoms with Crippen LogP contribution in [-0.2, 0) is 16.8 Å². The van der Waals surface area contributed by atoms with Crippen molar-refractivity contribution in [2.75, 3.05) is 20.2 Å². The number of amides is 2. The van der Waals surface area contributed by atoms with Crippen molar-refractivity contribution in [1.29, 1.82) is 0 Å². The fourth-order valence-corrected chi connectivity index (χ4v) is 2.92. The van der Waals surface area contributed by atoms with Crippen LogP contribution in [0.25, 0.3) is 0 Å². The Bertz CT molecular complexity index is 807. The molecule has 2 amide bonds. The highest BCUT2D eigenvalue weighted by atomic mass is 16.5. The average Bonchev–Trinajstić information content (AvgIpc) is 2.66. The Balaban J connectivity index is 1.93. The SMILES string of the molecule is COc1ccccc1CN(CCNC(=O)c1ccc(C(C)(C)C)cc1)C(C)=O. The van der Waals surface area contributed by atoms with Crippen molar-refractivity contribution in [3.8, 4) is 5.75 Å². The van der Waals surface area contributed by atoms with Gasteiger partial charge in [0.1, 0.15) is 5.75 Å². The summed E-state index contributed by atoms with van der Waals surface area (Å²) >= 11 is 0. The van der Waals surface area contributed by atoms with Crippen molar-refractivity contribution in [2.45, 2.75) is 39.7 Å². The molecular formula is C23H30N2O3. The van der Waals surface area contributed by atoms with E-state index in [1.54, 1.807) is 12.0 Å². The Morgan fingerprint density at radius 1 is 1.04 bits per heavy atom. The fraction of sp³-hybridized carbons (Fsp3) is 0.391. The quantitative estimate of drug-likeness (QED) is 0.793. The third-order valence-corrected chi connectivity index (χ3v) is 4.68. The molecule has 2 aromatic carbocycles. The summed E-state index contributed by atoms with van der Waals surface area (Å²) in [6.07, 6.45) is 0. The normalized spacial score (nSPS) is 11.0. The highest BCUT2D eigenvalue weighted by molar-refractivity contribution is 5.94. The van der Waals surface area contributed by atoms with E-state index in [-0.39, 0.29) is 17.2 Å². The topological polar surface area (TPSA) is 58.6 Å². The van der Waals surface area contributed by atoms with Gasteiger partial charge in [-0.15, -0.1) is 0 Å². The summed E-state index contributed by atoms with van der Waals surface area (Å²) in [4.78, 5) is 26.1. The Kier molecular flexibility index (Phi) is 7.21. The first-order valence-corrected chi connectivity index (χ1v) is 9.48. The molecule has 0 aliphatic rings. The molecule has 0 saturated carbocycles. The summed E-state index contributed by atoms with van der Waals surface area (Å²) in [5, 5.41) is 2.89. The lowest BCUT2D eigenvalue weighted by Gasteiger charge is -2.22. The van der Waals surface area contributed by atoms with Gasteiger partial charge in [0.05, 0.1) is 7.11 Å². The predicted octanol–water partition coefficient (Wildman–Crippen LogP) is 3.77. The predicted molar refractivity (Wildman–Crippen MR) is 112 cm³/mol. The van der Waals surface area contributed by atoms with Crippen LogP contribution in [0.15, 0.2) is 48.5 Å². The van der Waals surface area contributed by atoms with Gasteiger partial charge in [-0.05, 0) is 29.2 Å². The smallest absolute Gasteiger partial charge is 0.251 e. The number of nitrogens with one attached hydrogen (secondary N) is 1. The molecule has 150 valence electrons. The number of nitrogens with zero attached hydrogens (tertiary/aromatic N) is 1. The minimum Gasteiger partial charge on any atom is -0.496 e. The zero-order valence-electron chi connectivity index (χ0n) is 17.4. The minimum atomic E-state index is -0.138. The minimum absolute atomic E-state index is 0.0466. The van der Waals surface area contributed by atoms with Crippen molar-refractivity contribution < 1.29 is 14.3 Å². The number of ether oxygens (including phenoxy) is 1. The lowest BCUT2D eigenvalue weighted by atomic mass is 9.87. The average molecular weight is 383 g/mol. The van der Waals surface area contributed by atoms with Crippen LogP contribution in [-0.4, -0.2) is 36.9 Å². The summed E-state index contributed by atoms with van der Waals surface area (Å²) in [6, 6.07) is 15.3. The lowest BCUT2D eigenvalue weighted by molar-refractivity contribution is -0.129. The van der Waals surface area contributed by atoms with Crippen LogP contribution >= 0.6 is 0 Å². The van der Waals surface area contributed by atoms with Gasteiger partial charge in [0, 0.05) is 37.7 Å². The molecule has 0 atom stereocenters. The molecule has 0 bridgehead atoms. The maximum absolute atomic E-state index is 12.4. The van der Waals surface area contributed by atoms with Gasteiger partial charge in [-0.1, -0.05) is 51.1 Å². The van der Waals surface area contributed by atoms with Crippen LogP contribution in [0.2, 0.25) is 0 Å². The number of rotatable bonds is 7. The lowest BCUT2D eigenvalue weighted by Crippen LogP contribution is -2.37. The van der Waals surface area contributed by atoms with Crippen LogP contribution in [0.4, 0.5) is 0 Å². The molecule has 5 heteroatoms. The van der Waals surface area contributed by atoms with Gasteiger partial charge in [0.2, 0.25) is 5.91 Å². The van der Waals surface area contributed by atoms with Gasteiger partial charge in [-0.3, -0.25) is 9.59 Å². The van der Waals surface area contributed by atoms with E-state index < -0.39 is 0 Å². The molecule has 28 heavy (non-hydrogen) atoms. The molecule has 0 aliphatic carbocycles. The molecule has 0 heterocycles. The highest BCUT2D eigenvalue weighted by Gasteiger charge is 2.15. The van der Waals surface area contributed by atoms with Gasteiger partial charge in [0.15, 0.2) is 0 Å². The Morgan fingerprint density at radius 3 is 2.25 bits per heavy atom. The zero-order chi connectivity index (χ0) is 20.7. The molecule has 0 radical (unpaired) electrons. The van der Waals surface area contributed by atoms with Crippen molar-refractivity contribution in [3.63, 3.8) is 0 Å². The second-order valence-corrected chi connectivity index (χ2v) is 7.84. The van der Waals surface area contributed by atoms with Crippen LogP contribution in [0.1, 0.15) is 49.2 Å². The molecule has 0 saturated heterocycles. The van der Waals surface area contributed by atoms with Crippen LogP contribution in [0, 0.1) is 0 Å². The van der Waals surface area contributed by atoms with Crippen molar-refractivity contribution in [1.82, 2.24) is 10.2 Å². The Morgan fingerprint density at radius 2 is 1.68 bits per heavy atom. The second kappa shape index (κ2) is 9.40. The van der Waals surface area contributed by atoms with E-state index in [9.17, 15) is 9.59 Å². The van der Waals surface area contributed by atoms with Gasteiger partial charge >= 0.3 is 0 Å². The van der Waals surface area contributed by atoms with E-state index in [0.29, 0.717) is 25.2 Å². The standard InChI is InChI=1S/C23H30N2O3/c1-17(26)25(16-19-8-6-7-9-21(19)28-5)15-14-24-22(27)18-10-12-20(13-11-18)23(2,3)4/h6-13H,14-16H2,1-5H3,(H,24,27). The molecule has 1 N–H and O–H groups in total. The third kappa shape index (κ3) is 5.84. The first-order chi connectivity index (χ1) is 13.2. The van der Waals surface area contributed by atoms with Crippen molar-refractivity contribution in [2.24, 2.45) is 0 Å². The maximum Gasteiger partial charge on any atom is 0.251 e. The van der Waals surface area contributed by atoms with Crippen LogP contribution < -0.4 is 10.1 Å². The summed E-state index contributed by atoms with van der Waals surface area (Å²) in [7, 11) is 1.61. The maximum atomic E-state index is 12.4. The summed E-state index contributed by atoms with van der Waals surface area (Å²) < 4.78 is 5.35. The van der Waals surface area contributed by atoms with Gasteiger partial charge in [0.25, 0.3) is 5.91 Å². The molecule has 5 nitrogen and oxygen atoms in total. The number of carbonyl (C=O) groups excluding carboxylic acids is 2. The fourth-order valence-electron chi connectivity index (χ4n) is 2.92. The first kappa shape index (κ1) is 21.5. The molecule has 2 rings (SSSR count). The zero-order valence-corrected chi connectivity index (χ0v) is 17.4. The third-order valence-electron chi connectivity index (χ3n) is 4.68. The van der Waals surface area contributed by atoms with E-state index in [0.717, 1.165) is 11.3 Å². The number of methoxy groups -OCH3 is 1. The van der Waals surface area contributed by atoms with Crippen molar-refractivity contribution in [3.05, 3.63) is 65.2 Å². The molecule has 2 aromatic rings. The molecule has 0 unspecified atom stereocenters. The van der Waals surface area contributed by atoms with E-state index in [4.69, 9.17) is 4.74 Å². The van der Waals surface area contributed by atoms with Crippen molar-refractivity contribution >= 4 is 11.8 Å². The monoisotopic (exact) mass is 382 g/mol. The van der Waals surface area contributed by atoms with E-state index >= 15 is 0 Å². The number of carbonyl (C=O) groups is 2. The second-order valence-electron chi connectivity index (χ2n) is 7.84. The summed E-state index contributed by atoms with van der Waals surface area (Å²) in [5.74, 6) is 0.563. The largest absolute Gasteiger partial charge is 0.496 e. The Labute approximate surface area is 167 Å². The molecule has 0 spiro atoms. The highest BCUT2D eigenvalue weighted by Crippen LogP contribution is 2.22.